The first-order chi connectivity index (χ1) is 15.6. The fourth-order valence-corrected chi connectivity index (χ4v) is 3.90. The van der Waals surface area contributed by atoms with Crippen molar-refractivity contribution in [2.75, 3.05) is 38.8 Å². The van der Waals surface area contributed by atoms with Gasteiger partial charge in [-0.15, -0.1) is 0 Å². The molecular formula is C23H39N3O6S. The number of rotatable bonds is 16. The number of hydrogen-bond acceptors (Lipinski definition) is 8. The third-order valence-corrected chi connectivity index (χ3v) is 6.47. The summed E-state index contributed by atoms with van der Waals surface area (Å²) in [5.74, 6) is -1.15. The summed E-state index contributed by atoms with van der Waals surface area (Å²) < 4.78 is 33.9. The molecule has 0 saturated carbocycles. The number of benzene rings is 1. The van der Waals surface area contributed by atoms with E-state index in [9.17, 15) is 18.0 Å². The van der Waals surface area contributed by atoms with E-state index in [1.54, 1.807) is 0 Å². The number of sulfone groups is 1. The zero-order valence-corrected chi connectivity index (χ0v) is 20.9. The number of methoxy groups -OCH3 is 1. The number of carbonyl (C=O) groups excluding carboxylic acids is 2. The van der Waals surface area contributed by atoms with Crippen LogP contribution in [0.1, 0.15) is 32.3 Å². The van der Waals surface area contributed by atoms with Crippen molar-refractivity contribution in [3.05, 3.63) is 35.9 Å². The number of carbonyl (C=O) groups is 2. The van der Waals surface area contributed by atoms with Crippen LogP contribution in [0.2, 0.25) is 0 Å². The molecule has 10 heteroatoms. The van der Waals surface area contributed by atoms with E-state index in [2.05, 4.69) is 24.5 Å². The maximum absolute atomic E-state index is 13.1. The van der Waals surface area contributed by atoms with Crippen molar-refractivity contribution in [2.24, 2.45) is 11.7 Å². The summed E-state index contributed by atoms with van der Waals surface area (Å²) in [4.78, 5) is 25.3. The number of ether oxygens (including phenoxy) is 2. The lowest BCUT2D eigenvalue weighted by molar-refractivity contribution is -0.147. The number of nitrogens with two attached hydrogens (primary N) is 1. The second-order valence-corrected chi connectivity index (χ2v) is 10.5. The SMILES string of the molecule is CCC(C)C(CO[C@@H](Cc1ccccc1)C(=O)NC(CCS(C)(=O)=O)C(=O)OC)NCCN. The largest absolute Gasteiger partial charge is 0.467 e. The topological polar surface area (TPSA) is 137 Å². The molecule has 33 heavy (non-hydrogen) atoms. The van der Waals surface area contributed by atoms with E-state index in [-0.39, 0.29) is 24.8 Å². The van der Waals surface area contributed by atoms with Crippen LogP contribution >= 0.6 is 0 Å². The van der Waals surface area contributed by atoms with Crippen molar-refractivity contribution in [1.29, 1.82) is 0 Å². The minimum absolute atomic E-state index is 0.00580. The molecule has 9 nitrogen and oxygen atoms in total. The average molecular weight is 486 g/mol. The molecule has 1 aromatic rings. The maximum atomic E-state index is 13.1. The predicted molar refractivity (Wildman–Crippen MR) is 128 cm³/mol. The Morgan fingerprint density at radius 2 is 1.85 bits per heavy atom. The van der Waals surface area contributed by atoms with Gasteiger partial charge in [0.2, 0.25) is 5.91 Å². The van der Waals surface area contributed by atoms with Crippen molar-refractivity contribution in [3.63, 3.8) is 0 Å². The van der Waals surface area contributed by atoms with Crippen LogP contribution in [0, 0.1) is 5.92 Å². The fourth-order valence-electron chi connectivity index (χ4n) is 3.24. The van der Waals surface area contributed by atoms with Crippen molar-refractivity contribution >= 4 is 21.7 Å². The molecule has 0 aliphatic heterocycles. The standard InChI is InChI=1S/C23H39N3O6S/c1-5-17(2)20(25-13-12-24)16-32-21(15-18-9-7-6-8-10-18)22(27)26-19(23(28)31-3)11-14-33(4,29)30/h6-10,17,19-21,25H,5,11-16,24H2,1-4H3,(H,26,27)/t17?,19?,20?,21-/m0/s1. The summed E-state index contributed by atoms with van der Waals surface area (Å²) in [6.45, 7) is 5.58. The Bertz CT molecular complexity index is 819. The van der Waals surface area contributed by atoms with Gasteiger partial charge in [0, 0.05) is 31.8 Å². The third-order valence-electron chi connectivity index (χ3n) is 5.49. The molecule has 1 amide bonds. The lowest BCUT2D eigenvalue weighted by Crippen LogP contribution is -2.49. The van der Waals surface area contributed by atoms with Gasteiger partial charge in [-0.05, 0) is 17.9 Å². The van der Waals surface area contributed by atoms with Gasteiger partial charge >= 0.3 is 5.97 Å². The van der Waals surface area contributed by atoms with Gasteiger partial charge in [0.25, 0.3) is 0 Å². The van der Waals surface area contributed by atoms with Gasteiger partial charge in [-0.25, -0.2) is 13.2 Å². The van der Waals surface area contributed by atoms with Gasteiger partial charge in [-0.2, -0.15) is 0 Å². The molecule has 0 spiro atoms. The van der Waals surface area contributed by atoms with E-state index in [0.717, 1.165) is 18.2 Å². The second-order valence-electron chi connectivity index (χ2n) is 8.25. The molecule has 3 unspecified atom stereocenters. The number of amides is 1. The summed E-state index contributed by atoms with van der Waals surface area (Å²) in [6, 6.07) is 8.34. The van der Waals surface area contributed by atoms with Gasteiger partial charge in [-0.3, -0.25) is 4.79 Å². The van der Waals surface area contributed by atoms with E-state index < -0.39 is 33.9 Å². The van der Waals surface area contributed by atoms with Crippen LogP contribution in [0.25, 0.3) is 0 Å². The van der Waals surface area contributed by atoms with Crippen LogP contribution in [-0.4, -0.2) is 77.3 Å². The van der Waals surface area contributed by atoms with Crippen molar-refractivity contribution in [2.45, 2.75) is 51.3 Å². The first-order valence-corrected chi connectivity index (χ1v) is 13.3. The molecule has 1 aromatic carbocycles. The summed E-state index contributed by atoms with van der Waals surface area (Å²) in [7, 11) is -2.12. The smallest absolute Gasteiger partial charge is 0.328 e. The van der Waals surface area contributed by atoms with Crippen LogP contribution in [0.3, 0.4) is 0 Å². The molecule has 4 atom stereocenters. The van der Waals surface area contributed by atoms with Crippen LogP contribution in [0.15, 0.2) is 30.3 Å². The highest BCUT2D eigenvalue weighted by Crippen LogP contribution is 2.13. The zero-order chi connectivity index (χ0) is 24.9. The molecular weight excluding hydrogens is 446 g/mol. The van der Waals surface area contributed by atoms with Crippen molar-refractivity contribution in [1.82, 2.24) is 10.6 Å². The first kappa shape index (κ1) is 29.0. The minimum atomic E-state index is -3.32. The van der Waals surface area contributed by atoms with Gasteiger partial charge < -0.3 is 25.8 Å². The predicted octanol–water partition coefficient (Wildman–Crippen LogP) is 0.670. The van der Waals surface area contributed by atoms with Crippen LogP contribution in [-0.2, 0) is 35.3 Å². The highest BCUT2D eigenvalue weighted by atomic mass is 32.2. The molecule has 0 radical (unpaired) electrons. The monoisotopic (exact) mass is 485 g/mol. The molecule has 188 valence electrons. The lowest BCUT2D eigenvalue weighted by atomic mass is 9.99. The van der Waals surface area contributed by atoms with Gasteiger partial charge in [0.05, 0.1) is 19.5 Å². The van der Waals surface area contributed by atoms with E-state index >= 15 is 0 Å². The minimum Gasteiger partial charge on any atom is -0.467 e. The third kappa shape index (κ3) is 11.6. The Kier molecular flexibility index (Phi) is 13.2. The lowest BCUT2D eigenvalue weighted by Gasteiger charge is -2.27. The molecule has 0 aliphatic rings. The summed E-state index contributed by atoms with van der Waals surface area (Å²) in [6.07, 6.45) is 1.36. The maximum Gasteiger partial charge on any atom is 0.328 e. The highest BCUT2D eigenvalue weighted by molar-refractivity contribution is 7.90. The Morgan fingerprint density at radius 1 is 1.18 bits per heavy atom. The fraction of sp³-hybridized carbons (Fsp3) is 0.652. The summed E-state index contributed by atoms with van der Waals surface area (Å²) >= 11 is 0. The highest BCUT2D eigenvalue weighted by Gasteiger charge is 2.29. The second kappa shape index (κ2) is 15.0. The molecule has 0 heterocycles. The first-order valence-electron chi connectivity index (χ1n) is 11.3. The van der Waals surface area contributed by atoms with Crippen LogP contribution in [0.4, 0.5) is 0 Å². The van der Waals surface area contributed by atoms with E-state index in [4.69, 9.17) is 15.2 Å². The van der Waals surface area contributed by atoms with Gasteiger partial charge in [0.1, 0.15) is 22.0 Å². The number of esters is 1. The van der Waals surface area contributed by atoms with Crippen LogP contribution in [0.5, 0.6) is 0 Å². The van der Waals surface area contributed by atoms with E-state index in [0.29, 0.717) is 25.4 Å². The molecule has 0 aliphatic carbocycles. The Balaban J connectivity index is 3.00. The summed E-state index contributed by atoms with van der Waals surface area (Å²) in [5, 5.41) is 5.99. The normalized spacial score (nSPS) is 15.3. The Labute approximate surface area is 197 Å². The van der Waals surface area contributed by atoms with Gasteiger partial charge in [0.15, 0.2) is 0 Å². The van der Waals surface area contributed by atoms with Gasteiger partial charge in [-0.1, -0.05) is 50.6 Å². The molecule has 0 fully saturated rings. The number of hydrogen-bond donors (Lipinski definition) is 3. The van der Waals surface area contributed by atoms with Crippen LogP contribution < -0.4 is 16.4 Å². The van der Waals surface area contributed by atoms with Crippen molar-refractivity contribution in [3.8, 4) is 0 Å². The molecule has 4 N–H and O–H groups in total. The summed E-state index contributed by atoms with van der Waals surface area (Å²) in [5.41, 5.74) is 6.53. The average Bonchev–Trinajstić information content (AvgIpc) is 2.79. The van der Waals surface area contributed by atoms with E-state index in [1.807, 2.05) is 30.3 Å². The number of nitrogens with one attached hydrogen (secondary N) is 2. The molecule has 1 rings (SSSR count). The molecule has 0 saturated heterocycles. The Hall–Kier alpha value is -2.01. The van der Waals surface area contributed by atoms with Crippen molar-refractivity contribution < 1.29 is 27.5 Å². The quantitative estimate of drug-likeness (QED) is 0.291. The van der Waals surface area contributed by atoms with E-state index in [1.165, 1.54) is 7.11 Å². The molecule has 0 aromatic heterocycles. The zero-order valence-electron chi connectivity index (χ0n) is 20.1. The Morgan fingerprint density at radius 3 is 2.39 bits per heavy atom. The molecule has 0 bridgehead atoms.